The van der Waals surface area contributed by atoms with Crippen molar-refractivity contribution in [2.45, 2.75) is 44.2 Å². The minimum Gasteiger partial charge on any atom is -0.484 e. The zero-order valence-electron chi connectivity index (χ0n) is 25.0. The van der Waals surface area contributed by atoms with Crippen molar-refractivity contribution in [2.75, 3.05) is 51.9 Å². The number of aldehydes is 1. The Morgan fingerprint density at radius 1 is 1.02 bits per heavy atom. The van der Waals surface area contributed by atoms with Gasteiger partial charge >= 0.3 is 6.09 Å². The number of carbonyl (C=O) groups is 2. The number of thioether (sulfide) groups is 1. The van der Waals surface area contributed by atoms with Gasteiger partial charge < -0.3 is 24.2 Å². The Morgan fingerprint density at radius 3 is 2.32 bits per heavy atom. The minimum atomic E-state index is -0.570. The third-order valence-electron chi connectivity index (χ3n) is 6.23. The van der Waals surface area contributed by atoms with Crippen LogP contribution < -0.4 is 9.64 Å². The van der Waals surface area contributed by atoms with Crippen LogP contribution in [-0.4, -0.2) is 84.8 Å². The van der Waals surface area contributed by atoms with Crippen molar-refractivity contribution in [1.82, 2.24) is 19.8 Å². The van der Waals surface area contributed by atoms with E-state index in [1.54, 1.807) is 18.1 Å². The first kappa shape index (κ1) is 31.9. The molecule has 0 saturated heterocycles. The second-order valence-electron chi connectivity index (χ2n) is 10.9. The van der Waals surface area contributed by atoms with Crippen molar-refractivity contribution in [3.8, 4) is 5.75 Å². The summed E-state index contributed by atoms with van der Waals surface area (Å²) < 4.78 is 11.9. The fourth-order valence-corrected chi connectivity index (χ4v) is 4.39. The Morgan fingerprint density at radius 2 is 1.71 bits per heavy atom. The summed E-state index contributed by atoms with van der Waals surface area (Å²) in [6.07, 6.45) is 3.53. The van der Waals surface area contributed by atoms with E-state index in [0.717, 1.165) is 36.3 Å². The molecule has 1 amide bonds. The average molecular weight is 580 g/mol. The maximum atomic E-state index is 12.6. The highest BCUT2D eigenvalue weighted by atomic mass is 32.2. The molecule has 0 aliphatic heterocycles. The molecule has 0 bridgehead atoms. The lowest BCUT2D eigenvalue weighted by atomic mass is 10.1. The Balaban J connectivity index is 1.60. The minimum absolute atomic E-state index is 0.341. The van der Waals surface area contributed by atoms with E-state index in [0.29, 0.717) is 29.6 Å². The molecule has 0 fully saturated rings. The number of rotatable bonds is 13. The van der Waals surface area contributed by atoms with Gasteiger partial charge in [0, 0.05) is 39.9 Å². The lowest BCUT2D eigenvalue weighted by Gasteiger charge is -2.28. The first-order valence-electron chi connectivity index (χ1n) is 13.5. The zero-order chi connectivity index (χ0) is 30.0. The molecule has 3 rings (SSSR count). The quantitative estimate of drug-likeness (QED) is 0.147. The number of carbonyl (C=O) groups excluding carboxylic acids is 2. The summed E-state index contributed by atoms with van der Waals surface area (Å²) in [4.78, 5) is 38.5. The monoisotopic (exact) mass is 579 g/mol. The number of aromatic nitrogens is 2. The van der Waals surface area contributed by atoms with E-state index in [4.69, 9.17) is 9.47 Å². The number of hydrogen-bond acceptors (Lipinski definition) is 9. The number of amides is 1. The van der Waals surface area contributed by atoms with E-state index >= 15 is 0 Å². The number of anilines is 1. The number of likely N-dealkylation sites (N-methyl/N-ethyl adjacent to an activating group) is 3. The predicted octanol–water partition coefficient (Wildman–Crippen LogP) is 5.57. The third-order valence-corrected chi connectivity index (χ3v) is 6.79. The lowest BCUT2D eigenvalue weighted by Crippen LogP contribution is -2.37. The molecule has 0 aliphatic carbocycles. The summed E-state index contributed by atoms with van der Waals surface area (Å²) in [6, 6.07) is 17.9. The molecule has 1 heterocycles. The largest absolute Gasteiger partial charge is 0.484 e. The Bertz CT molecular complexity index is 1270. The molecule has 0 aliphatic rings. The summed E-state index contributed by atoms with van der Waals surface area (Å²) >= 11 is 1.45. The van der Waals surface area contributed by atoms with Gasteiger partial charge in [-0.3, -0.25) is 4.79 Å². The third kappa shape index (κ3) is 10.1. The fraction of sp³-hybridized carbons (Fsp3) is 0.419. The Labute approximate surface area is 247 Å². The van der Waals surface area contributed by atoms with Crippen LogP contribution in [0, 0.1) is 0 Å². The molecule has 10 heteroatoms. The molecule has 0 saturated carbocycles. The Kier molecular flexibility index (Phi) is 11.5. The van der Waals surface area contributed by atoms with Crippen LogP contribution in [0.1, 0.15) is 48.4 Å². The molecule has 2 aromatic carbocycles. The van der Waals surface area contributed by atoms with Crippen molar-refractivity contribution >= 4 is 30.0 Å². The first-order valence-corrected chi connectivity index (χ1v) is 14.7. The second kappa shape index (κ2) is 14.8. The molecular formula is C31H41N5O4S. The van der Waals surface area contributed by atoms with E-state index in [-0.39, 0.29) is 6.10 Å². The summed E-state index contributed by atoms with van der Waals surface area (Å²) in [6.45, 7) is 8.12. The van der Waals surface area contributed by atoms with Crippen LogP contribution in [0.2, 0.25) is 0 Å². The van der Waals surface area contributed by atoms with Crippen LogP contribution in [0.15, 0.2) is 66.0 Å². The van der Waals surface area contributed by atoms with Gasteiger partial charge in [-0.05, 0) is 57.3 Å². The molecule has 9 nitrogen and oxygen atoms in total. The van der Waals surface area contributed by atoms with Gasteiger partial charge in [0.2, 0.25) is 0 Å². The van der Waals surface area contributed by atoms with Gasteiger partial charge in [0.25, 0.3) is 0 Å². The van der Waals surface area contributed by atoms with Crippen molar-refractivity contribution in [2.24, 2.45) is 0 Å². The highest BCUT2D eigenvalue weighted by Gasteiger charge is 2.24. The van der Waals surface area contributed by atoms with Crippen molar-refractivity contribution in [3.05, 3.63) is 77.5 Å². The predicted molar refractivity (Wildman–Crippen MR) is 164 cm³/mol. The van der Waals surface area contributed by atoms with Gasteiger partial charge in [0.05, 0.1) is 12.1 Å². The fourth-order valence-electron chi connectivity index (χ4n) is 4.05. The smallest absolute Gasteiger partial charge is 0.410 e. The van der Waals surface area contributed by atoms with Gasteiger partial charge in [-0.2, -0.15) is 0 Å². The molecule has 3 aromatic rings. The standard InChI is InChI=1S/C31H41N5O4S/c1-31(2,3)40-30(38)36(6)21-27(24-11-9-8-10-12-24)39-26-15-13-23(14-16-26)20-34(4)17-18-35(5)28-25(22-37)19-32-29(33-28)41-7/h8-16,19,22,27H,17-18,20-21H2,1-7H3. The highest BCUT2D eigenvalue weighted by molar-refractivity contribution is 7.98. The van der Waals surface area contributed by atoms with E-state index in [2.05, 4.69) is 34.0 Å². The summed E-state index contributed by atoms with van der Waals surface area (Å²) in [5.41, 5.74) is 2.03. The van der Waals surface area contributed by atoms with E-state index < -0.39 is 11.7 Å². The molecule has 220 valence electrons. The maximum Gasteiger partial charge on any atom is 0.410 e. The summed E-state index contributed by atoms with van der Waals surface area (Å²) in [5.74, 6) is 1.36. The van der Waals surface area contributed by atoms with Crippen LogP contribution >= 0.6 is 11.8 Å². The SMILES string of the molecule is CSc1ncc(C=O)c(N(C)CCN(C)Cc2ccc(OC(CN(C)C(=O)OC(C)(C)C)c3ccccc3)cc2)n1. The van der Waals surface area contributed by atoms with Gasteiger partial charge in [0.15, 0.2) is 11.4 Å². The van der Waals surface area contributed by atoms with Crippen molar-refractivity contribution in [3.63, 3.8) is 0 Å². The van der Waals surface area contributed by atoms with E-state index in [1.807, 2.05) is 81.4 Å². The lowest BCUT2D eigenvalue weighted by molar-refractivity contribution is 0.0226. The normalized spacial score (nSPS) is 12.1. The zero-order valence-corrected chi connectivity index (χ0v) is 25.9. The molecule has 0 spiro atoms. The Hall–Kier alpha value is -3.63. The van der Waals surface area contributed by atoms with Gasteiger partial charge in [0.1, 0.15) is 23.3 Å². The highest BCUT2D eigenvalue weighted by Crippen LogP contribution is 2.24. The van der Waals surface area contributed by atoms with Crippen LogP contribution in [0.25, 0.3) is 0 Å². The number of ether oxygens (including phenoxy) is 2. The van der Waals surface area contributed by atoms with Crippen LogP contribution in [0.3, 0.4) is 0 Å². The molecule has 0 radical (unpaired) electrons. The topological polar surface area (TPSA) is 88.1 Å². The molecule has 1 atom stereocenters. The van der Waals surface area contributed by atoms with Gasteiger partial charge in [-0.25, -0.2) is 14.8 Å². The van der Waals surface area contributed by atoms with Crippen LogP contribution in [0.5, 0.6) is 5.75 Å². The average Bonchev–Trinajstić information content (AvgIpc) is 2.95. The van der Waals surface area contributed by atoms with Gasteiger partial charge in [-0.15, -0.1) is 0 Å². The summed E-state index contributed by atoms with van der Waals surface area (Å²) in [5, 5.41) is 0.638. The van der Waals surface area contributed by atoms with Gasteiger partial charge in [-0.1, -0.05) is 54.2 Å². The van der Waals surface area contributed by atoms with E-state index in [9.17, 15) is 9.59 Å². The molecule has 0 N–H and O–H groups in total. The molecule has 1 unspecified atom stereocenters. The molecule has 1 aromatic heterocycles. The van der Waals surface area contributed by atoms with Crippen molar-refractivity contribution < 1.29 is 19.1 Å². The number of benzene rings is 2. The van der Waals surface area contributed by atoms with Crippen molar-refractivity contribution in [1.29, 1.82) is 0 Å². The first-order chi connectivity index (χ1) is 19.5. The second-order valence-corrected chi connectivity index (χ2v) is 11.7. The maximum absolute atomic E-state index is 12.6. The van der Waals surface area contributed by atoms with E-state index in [1.165, 1.54) is 11.8 Å². The van der Waals surface area contributed by atoms with Crippen LogP contribution in [-0.2, 0) is 11.3 Å². The number of nitrogens with zero attached hydrogens (tertiary/aromatic N) is 5. The summed E-state index contributed by atoms with van der Waals surface area (Å²) in [7, 11) is 5.71. The molecular weight excluding hydrogens is 538 g/mol. The molecule has 41 heavy (non-hydrogen) atoms. The number of hydrogen-bond donors (Lipinski definition) is 0. The van der Waals surface area contributed by atoms with Crippen LogP contribution in [0.4, 0.5) is 10.6 Å².